The lowest BCUT2D eigenvalue weighted by Crippen LogP contribution is -2.20. The number of fused-ring (bicyclic) bond motifs is 7. The molecule has 0 saturated heterocycles. The molecule has 1 aromatic heterocycles. The molecule has 2 aromatic rings. The molecule has 3 nitrogen and oxygen atoms in total. The van der Waals surface area contributed by atoms with Crippen molar-refractivity contribution >= 4 is 23.1 Å². The summed E-state index contributed by atoms with van der Waals surface area (Å²) in [5.41, 5.74) is 6.77. The van der Waals surface area contributed by atoms with E-state index in [0.29, 0.717) is 0 Å². The van der Waals surface area contributed by atoms with Gasteiger partial charge in [0.05, 0.1) is 22.3 Å². The zero-order valence-electron chi connectivity index (χ0n) is 15.2. The molecule has 132 valence electrons. The Morgan fingerprint density at radius 2 is 1.86 bits per heavy atom. The topological polar surface area (TPSA) is 38.7 Å². The molecular formula is C25H17N3. The molecule has 1 unspecified atom stereocenters. The van der Waals surface area contributed by atoms with E-state index >= 15 is 0 Å². The number of pyridine rings is 1. The van der Waals surface area contributed by atoms with E-state index < -0.39 is 0 Å². The van der Waals surface area contributed by atoms with Gasteiger partial charge in [-0.25, -0.2) is 4.98 Å². The second-order valence-corrected chi connectivity index (χ2v) is 7.24. The molecule has 0 radical (unpaired) electrons. The van der Waals surface area contributed by atoms with Gasteiger partial charge < -0.3 is 0 Å². The Labute approximate surface area is 162 Å². The van der Waals surface area contributed by atoms with E-state index in [1.165, 1.54) is 16.7 Å². The summed E-state index contributed by atoms with van der Waals surface area (Å²) in [6.45, 7) is 0. The minimum Gasteiger partial charge on any atom is -0.264 e. The van der Waals surface area contributed by atoms with Gasteiger partial charge in [0.2, 0.25) is 0 Å². The van der Waals surface area contributed by atoms with Crippen molar-refractivity contribution in [1.29, 1.82) is 0 Å². The molecule has 0 amide bonds. The largest absolute Gasteiger partial charge is 0.264 e. The summed E-state index contributed by atoms with van der Waals surface area (Å²) in [4.78, 5) is 14.5. The molecule has 0 fully saturated rings. The minimum absolute atomic E-state index is 0.144. The first kappa shape index (κ1) is 15.5. The summed E-state index contributed by atoms with van der Waals surface area (Å²) in [6.07, 6.45) is 17.5. The van der Waals surface area contributed by atoms with E-state index in [1.807, 2.05) is 18.5 Å². The number of nitrogens with zero attached hydrogens (tertiary/aromatic N) is 3. The fourth-order valence-electron chi connectivity index (χ4n) is 4.39. The fraction of sp³-hybridized carbons (Fsp3) is 0.0800. The van der Waals surface area contributed by atoms with Gasteiger partial charge in [-0.15, -0.1) is 0 Å². The first-order valence-corrected chi connectivity index (χ1v) is 9.57. The zero-order valence-corrected chi connectivity index (χ0v) is 15.2. The van der Waals surface area contributed by atoms with Gasteiger partial charge in [0.25, 0.3) is 0 Å². The van der Waals surface area contributed by atoms with Crippen molar-refractivity contribution in [2.75, 3.05) is 0 Å². The van der Waals surface area contributed by atoms with Gasteiger partial charge >= 0.3 is 0 Å². The molecule has 1 aromatic carbocycles. The lowest BCUT2D eigenvalue weighted by Gasteiger charge is -2.18. The number of benzene rings is 1. The number of allylic oxidation sites excluding steroid dienone is 4. The zero-order chi connectivity index (χ0) is 18.5. The summed E-state index contributed by atoms with van der Waals surface area (Å²) >= 11 is 0. The van der Waals surface area contributed by atoms with Crippen LogP contribution in [0, 0.1) is 0 Å². The average Bonchev–Trinajstić information content (AvgIpc) is 3.07. The smallest absolute Gasteiger partial charge is 0.0811 e. The number of hydrogen-bond acceptors (Lipinski definition) is 3. The molecule has 0 spiro atoms. The van der Waals surface area contributed by atoms with E-state index in [1.54, 1.807) is 0 Å². The van der Waals surface area contributed by atoms with Crippen LogP contribution in [0.2, 0.25) is 0 Å². The highest BCUT2D eigenvalue weighted by atomic mass is 14.8. The molecule has 1 atom stereocenters. The molecule has 3 heterocycles. The van der Waals surface area contributed by atoms with Crippen LogP contribution < -0.4 is 10.6 Å². The predicted octanol–water partition coefficient (Wildman–Crippen LogP) is 3.50. The van der Waals surface area contributed by atoms with Crippen molar-refractivity contribution in [3.63, 3.8) is 0 Å². The quantitative estimate of drug-likeness (QED) is 0.522. The summed E-state index contributed by atoms with van der Waals surface area (Å²) in [5, 5.41) is 3.26. The monoisotopic (exact) mass is 359 g/mol. The second-order valence-electron chi connectivity index (χ2n) is 7.24. The van der Waals surface area contributed by atoms with Crippen LogP contribution in [-0.2, 0) is 6.42 Å². The normalized spacial score (nSPS) is 17.1. The third kappa shape index (κ3) is 2.20. The number of aromatic nitrogens is 3. The molecule has 3 heteroatoms. The van der Waals surface area contributed by atoms with Crippen LogP contribution in [0.15, 0.2) is 73.1 Å². The molecule has 0 bridgehead atoms. The van der Waals surface area contributed by atoms with Crippen LogP contribution in [0.3, 0.4) is 0 Å². The van der Waals surface area contributed by atoms with Crippen molar-refractivity contribution < 1.29 is 0 Å². The molecule has 0 saturated carbocycles. The Hall–Kier alpha value is -3.59. The van der Waals surface area contributed by atoms with Crippen LogP contribution in [0.1, 0.15) is 22.7 Å². The van der Waals surface area contributed by atoms with Crippen molar-refractivity contribution in [3.8, 4) is 11.3 Å². The van der Waals surface area contributed by atoms with Gasteiger partial charge in [0, 0.05) is 40.9 Å². The van der Waals surface area contributed by atoms with E-state index in [0.717, 1.165) is 39.3 Å². The molecule has 6 rings (SSSR count). The maximum atomic E-state index is 5.10. The molecule has 0 N–H and O–H groups in total. The third-order valence-corrected chi connectivity index (χ3v) is 5.64. The van der Waals surface area contributed by atoms with Gasteiger partial charge in [0.1, 0.15) is 0 Å². The summed E-state index contributed by atoms with van der Waals surface area (Å²) in [5.74, 6) is 0.144. The second kappa shape index (κ2) is 5.96. The Morgan fingerprint density at radius 3 is 2.79 bits per heavy atom. The Bertz CT molecular complexity index is 1380. The molecule has 4 aliphatic rings. The minimum atomic E-state index is 0.144. The van der Waals surface area contributed by atoms with Crippen LogP contribution in [0.5, 0.6) is 0 Å². The highest BCUT2D eigenvalue weighted by molar-refractivity contribution is 5.99. The highest BCUT2D eigenvalue weighted by Gasteiger charge is 2.26. The van der Waals surface area contributed by atoms with Gasteiger partial charge in [-0.2, -0.15) is 0 Å². The van der Waals surface area contributed by atoms with Crippen molar-refractivity contribution in [3.05, 3.63) is 100 Å². The van der Waals surface area contributed by atoms with Gasteiger partial charge in [-0.05, 0) is 23.3 Å². The molecule has 28 heavy (non-hydrogen) atoms. The van der Waals surface area contributed by atoms with E-state index in [-0.39, 0.29) is 5.92 Å². The first-order chi connectivity index (χ1) is 13.9. The third-order valence-electron chi connectivity index (χ3n) is 5.64. The Morgan fingerprint density at radius 1 is 0.929 bits per heavy atom. The lowest BCUT2D eigenvalue weighted by molar-refractivity contribution is 0.976. The van der Waals surface area contributed by atoms with Crippen LogP contribution in [-0.4, -0.2) is 15.0 Å². The van der Waals surface area contributed by atoms with Gasteiger partial charge in [0.15, 0.2) is 0 Å². The maximum absolute atomic E-state index is 5.10. The number of hydrogen-bond donors (Lipinski definition) is 0. The van der Waals surface area contributed by atoms with Gasteiger partial charge in [-0.1, -0.05) is 60.7 Å². The predicted molar refractivity (Wildman–Crippen MR) is 112 cm³/mol. The maximum Gasteiger partial charge on any atom is 0.0811 e. The van der Waals surface area contributed by atoms with Crippen molar-refractivity contribution in [2.45, 2.75) is 12.3 Å². The van der Waals surface area contributed by atoms with E-state index in [9.17, 15) is 0 Å². The highest BCUT2D eigenvalue weighted by Crippen LogP contribution is 2.37. The van der Waals surface area contributed by atoms with E-state index in [2.05, 4.69) is 71.8 Å². The van der Waals surface area contributed by atoms with Crippen LogP contribution in [0.25, 0.3) is 34.3 Å². The van der Waals surface area contributed by atoms with E-state index in [4.69, 9.17) is 9.97 Å². The Kier molecular flexibility index (Phi) is 3.29. The summed E-state index contributed by atoms with van der Waals surface area (Å²) < 4.78 is 0. The number of rotatable bonds is 1. The van der Waals surface area contributed by atoms with Crippen LogP contribution >= 0.6 is 0 Å². The molecule has 2 aliphatic carbocycles. The Balaban J connectivity index is 1.82. The SMILES string of the molecule is C1=CCc2nc3c(c4c5cnccc5nc-4c2=C1)C(c1ccccc1)C=CC=3. The standard InChI is InChI=1S/C25H17N3/c1-2-7-16(8-3-1)17-10-6-12-22-23(17)24-19-15-26-14-13-21(19)28-25(24)18-9-4-5-11-20(18)27-22/h1-10,12-15,17H,11H2. The molecule has 2 aliphatic heterocycles. The van der Waals surface area contributed by atoms with Crippen molar-refractivity contribution in [2.24, 2.45) is 0 Å². The average molecular weight is 359 g/mol. The van der Waals surface area contributed by atoms with Gasteiger partial charge in [-0.3, -0.25) is 9.97 Å². The lowest BCUT2D eigenvalue weighted by atomic mass is 9.85. The van der Waals surface area contributed by atoms with Crippen LogP contribution in [0.4, 0.5) is 0 Å². The first-order valence-electron chi connectivity index (χ1n) is 9.57. The summed E-state index contributed by atoms with van der Waals surface area (Å²) in [7, 11) is 0. The molecular weight excluding hydrogens is 342 g/mol. The fourth-order valence-corrected chi connectivity index (χ4v) is 4.39. The van der Waals surface area contributed by atoms with Crippen molar-refractivity contribution in [1.82, 2.24) is 15.0 Å². The summed E-state index contributed by atoms with van der Waals surface area (Å²) in [6, 6.07) is 12.6.